The molecule has 2 rings (SSSR count). The highest BCUT2D eigenvalue weighted by Gasteiger charge is 2.12. The Kier molecular flexibility index (Phi) is 4.96. The van der Waals surface area contributed by atoms with Crippen molar-refractivity contribution in [3.63, 3.8) is 0 Å². The predicted octanol–water partition coefficient (Wildman–Crippen LogP) is 2.19. The van der Waals surface area contributed by atoms with Gasteiger partial charge in [0.2, 0.25) is 0 Å². The van der Waals surface area contributed by atoms with Gasteiger partial charge < -0.3 is 5.11 Å². The maximum atomic E-state index is 12.3. The minimum absolute atomic E-state index is 0.0912. The molecule has 0 amide bonds. The van der Waals surface area contributed by atoms with Crippen molar-refractivity contribution < 1.29 is 5.11 Å². The van der Waals surface area contributed by atoms with Crippen LogP contribution in [0.2, 0.25) is 0 Å². The van der Waals surface area contributed by atoms with Crippen LogP contribution < -0.4 is 5.56 Å². The van der Waals surface area contributed by atoms with E-state index >= 15 is 0 Å². The van der Waals surface area contributed by atoms with Gasteiger partial charge in [0.25, 0.3) is 5.56 Å². The van der Waals surface area contributed by atoms with Crippen molar-refractivity contribution in [3.8, 4) is 5.75 Å². The molecule has 2 aromatic rings. The lowest BCUT2D eigenvalue weighted by Gasteiger charge is -2.19. The Morgan fingerprint density at radius 2 is 1.95 bits per heavy atom. The van der Waals surface area contributed by atoms with Crippen LogP contribution in [0.15, 0.2) is 23.3 Å². The third-order valence-electron chi connectivity index (χ3n) is 3.81. The van der Waals surface area contributed by atoms with Crippen molar-refractivity contribution in [1.29, 1.82) is 0 Å². The molecule has 0 fully saturated rings. The summed E-state index contributed by atoms with van der Waals surface area (Å²) < 4.78 is 1.44. The van der Waals surface area contributed by atoms with Gasteiger partial charge in [0.15, 0.2) is 11.4 Å². The van der Waals surface area contributed by atoms with E-state index in [2.05, 4.69) is 23.7 Å². The summed E-state index contributed by atoms with van der Waals surface area (Å²) in [6, 6.07) is 1.81. The highest BCUT2D eigenvalue weighted by molar-refractivity contribution is 5.56. The van der Waals surface area contributed by atoms with Crippen molar-refractivity contribution in [2.45, 2.75) is 40.2 Å². The van der Waals surface area contributed by atoms with Crippen LogP contribution in [0.4, 0.5) is 0 Å². The standard InChI is InChI=1S/C16H23N3O2/c1-4-7-12-10-17-15-14(20)13(11-18(5-2)6-3)8-9-19(15)16(12)21/h8-10,20H,4-7,11H2,1-3H3. The first kappa shape index (κ1) is 15.5. The molecule has 0 aromatic carbocycles. The fourth-order valence-corrected chi connectivity index (χ4v) is 2.46. The lowest BCUT2D eigenvalue weighted by molar-refractivity contribution is 0.291. The summed E-state index contributed by atoms with van der Waals surface area (Å²) in [4.78, 5) is 18.8. The number of pyridine rings is 1. The summed E-state index contributed by atoms with van der Waals surface area (Å²) in [6.45, 7) is 8.68. The highest BCUT2D eigenvalue weighted by atomic mass is 16.3. The van der Waals surface area contributed by atoms with Gasteiger partial charge in [0, 0.05) is 30.1 Å². The summed E-state index contributed by atoms with van der Waals surface area (Å²) >= 11 is 0. The minimum atomic E-state index is -0.0912. The summed E-state index contributed by atoms with van der Waals surface area (Å²) in [7, 11) is 0. The molecule has 0 aliphatic carbocycles. The fraction of sp³-hybridized carbons (Fsp3) is 0.500. The third-order valence-corrected chi connectivity index (χ3v) is 3.81. The third kappa shape index (κ3) is 3.08. The Morgan fingerprint density at radius 3 is 2.57 bits per heavy atom. The lowest BCUT2D eigenvalue weighted by atomic mass is 10.2. The van der Waals surface area contributed by atoms with Crippen LogP contribution in [0.3, 0.4) is 0 Å². The normalized spacial score (nSPS) is 11.4. The lowest BCUT2D eigenvalue weighted by Crippen LogP contribution is -2.23. The van der Waals surface area contributed by atoms with Crippen molar-refractivity contribution in [2.24, 2.45) is 0 Å². The number of fused-ring (bicyclic) bond motifs is 1. The van der Waals surface area contributed by atoms with E-state index in [-0.39, 0.29) is 11.3 Å². The predicted molar refractivity (Wildman–Crippen MR) is 83.7 cm³/mol. The molecule has 2 aromatic heterocycles. The van der Waals surface area contributed by atoms with Crippen molar-refractivity contribution in [2.75, 3.05) is 13.1 Å². The number of hydrogen-bond acceptors (Lipinski definition) is 4. The topological polar surface area (TPSA) is 57.8 Å². The molecule has 0 atom stereocenters. The average Bonchev–Trinajstić information content (AvgIpc) is 2.50. The second-order valence-corrected chi connectivity index (χ2v) is 5.18. The fourth-order valence-electron chi connectivity index (χ4n) is 2.46. The van der Waals surface area contributed by atoms with E-state index < -0.39 is 0 Å². The van der Waals surface area contributed by atoms with Gasteiger partial charge in [-0.1, -0.05) is 27.2 Å². The van der Waals surface area contributed by atoms with Gasteiger partial charge in [-0.05, 0) is 25.6 Å². The van der Waals surface area contributed by atoms with E-state index in [1.54, 1.807) is 18.5 Å². The van der Waals surface area contributed by atoms with Gasteiger partial charge in [0.1, 0.15) is 0 Å². The Balaban J connectivity index is 2.48. The highest BCUT2D eigenvalue weighted by Crippen LogP contribution is 2.22. The molecule has 0 aliphatic heterocycles. The molecule has 5 heteroatoms. The number of nitrogens with zero attached hydrogens (tertiary/aromatic N) is 3. The number of aryl methyl sites for hydroxylation is 1. The molecule has 21 heavy (non-hydrogen) atoms. The van der Waals surface area contributed by atoms with E-state index in [9.17, 15) is 9.90 Å². The van der Waals surface area contributed by atoms with Crippen LogP contribution in [0, 0.1) is 0 Å². The largest absolute Gasteiger partial charge is 0.504 e. The first-order valence-corrected chi connectivity index (χ1v) is 7.55. The second kappa shape index (κ2) is 6.72. The first-order chi connectivity index (χ1) is 10.1. The first-order valence-electron chi connectivity index (χ1n) is 7.55. The molecule has 0 saturated heterocycles. The summed E-state index contributed by atoms with van der Waals surface area (Å²) in [6.07, 6.45) is 4.90. The Morgan fingerprint density at radius 1 is 1.24 bits per heavy atom. The van der Waals surface area contributed by atoms with E-state index in [1.165, 1.54) is 4.40 Å². The molecule has 0 spiro atoms. The summed E-state index contributed by atoms with van der Waals surface area (Å²) in [5.41, 5.74) is 1.73. The molecule has 2 heterocycles. The van der Waals surface area contributed by atoms with Gasteiger partial charge in [-0.15, -0.1) is 0 Å². The molecule has 0 aliphatic rings. The molecular weight excluding hydrogens is 266 g/mol. The number of rotatable bonds is 6. The number of hydrogen-bond donors (Lipinski definition) is 1. The van der Waals surface area contributed by atoms with Gasteiger partial charge in [-0.25, -0.2) is 4.98 Å². The van der Waals surface area contributed by atoms with Crippen LogP contribution in [0.1, 0.15) is 38.3 Å². The molecular formula is C16H23N3O2. The molecule has 0 radical (unpaired) electrons. The molecule has 1 N–H and O–H groups in total. The zero-order chi connectivity index (χ0) is 15.4. The summed E-state index contributed by atoms with van der Waals surface area (Å²) in [5.74, 6) is 0.101. The van der Waals surface area contributed by atoms with Crippen molar-refractivity contribution in [1.82, 2.24) is 14.3 Å². The molecule has 114 valence electrons. The summed E-state index contributed by atoms with van der Waals surface area (Å²) in [5, 5.41) is 10.4. The van der Waals surface area contributed by atoms with Crippen LogP contribution in [0.25, 0.3) is 5.65 Å². The maximum absolute atomic E-state index is 12.3. The van der Waals surface area contributed by atoms with Crippen molar-refractivity contribution in [3.05, 3.63) is 39.9 Å². The zero-order valence-corrected chi connectivity index (χ0v) is 13.0. The second-order valence-electron chi connectivity index (χ2n) is 5.18. The van der Waals surface area contributed by atoms with Crippen molar-refractivity contribution >= 4 is 5.65 Å². The van der Waals surface area contributed by atoms with Crippen LogP contribution in [0.5, 0.6) is 5.75 Å². The van der Waals surface area contributed by atoms with E-state index in [0.717, 1.165) is 25.1 Å². The van der Waals surface area contributed by atoms with Gasteiger partial charge >= 0.3 is 0 Å². The SMILES string of the molecule is CCCc1cnc2c(O)c(CN(CC)CC)ccn2c1=O. The Hall–Kier alpha value is -1.88. The minimum Gasteiger partial charge on any atom is -0.504 e. The monoisotopic (exact) mass is 289 g/mol. The number of aromatic hydroxyl groups is 1. The van der Waals surface area contributed by atoms with E-state index in [1.807, 2.05) is 6.92 Å². The Bertz CT molecular complexity index is 675. The van der Waals surface area contributed by atoms with E-state index in [4.69, 9.17) is 0 Å². The quantitative estimate of drug-likeness (QED) is 0.885. The average molecular weight is 289 g/mol. The van der Waals surface area contributed by atoms with Gasteiger partial charge in [0.05, 0.1) is 0 Å². The smallest absolute Gasteiger partial charge is 0.261 e. The zero-order valence-electron chi connectivity index (χ0n) is 13.0. The Labute approximate surface area is 124 Å². The van der Waals surface area contributed by atoms with Crippen LogP contribution >= 0.6 is 0 Å². The van der Waals surface area contributed by atoms with E-state index in [0.29, 0.717) is 24.2 Å². The maximum Gasteiger partial charge on any atom is 0.261 e. The molecule has 0 bridgehead atoms. The van der Waals surface area contributed by atoms with Crippen LogP contribution in [-0.2, 0) is 13.0 Å². The van der Waals surface area contributed by atoms with Gasteiger partial charge in [-0.3, -0.25) is 14.1 Å². The molecule has 5 nitrogen and oxygen atoms in total. The van der Waals surface area contributed by atoms with Crippen LogP contribution in [-0.4, -0.2) is 32.5 Å². The molecule has 0 unspecified atom stereocenters. The molecule has 0 saturated carbocycles. The number of aromatic nitrogens is 2. The van der Waals surface area contributed by atoms with Gasteiger partial charge in [-0.2, -0.15) is 0 Å².